The van der Waals surface area contributed by atoms with Gasteiger partial charge in [0.25, 0.3) is 0 Å². The molecule has 0 spiro atoms. The quantitative estimate of drug-likeness (QED) is 0.823. The number of sulfonamides is 1. The fraction of sp³-hybridized carbons (Fsp3) is 0.455. The number of rotatable bonds is 3. The molecule has 0 bridgehead atoms. The average Bonchev–Trinajstić information content (AvgIpc) is 2.68. The fourth-order valence-electron chi connectivity index (χ4n) is 2.02. The van der Waals surface area contributed by atoms with Crippen molar-refractivity contribution in [2.45, 2.75) is 40.7 Å². The van der Waals surface area contributed by atoms with Gasteiger partial charge < -0.3 is 5.73 Å². The van der Waals surface area contributed by atoms with E-state index in [2.05, 4.69) is 0 Å². The van der Waals surface area contributed by atoms with Crippen LogP contribution < -0.4 is 10.9 Å². The van der Waals surface area contributed by atoms with E-state index in [9.17, 15) is 8.42 Å². The summed E-state index contributed by atoms with van der Waals surface area (Å²) in [5, 5.41) is 5.68. The highest BCUT2D eigenvalue weighted by Gasteiger charge is 2.17. The van der Waals surface area contributed by atoms with Crippen molar-refractivity contribution in [2.24, 2.45) is 5.14 Å². The largest absolute Gasteiger partial charge is 0.399 e. The molecule has 94 valence electrons. The summed E-state index contributed by atoms with van der Waals surface area (Å²) in [4.78, 5) is 0.985. The molecule has 1 aromatic rings. The van der Waals surface area contributed by atoms with Crippen molar-refractivity contribution < 1.29 is 8.42 Å². The van der Waals surface area contributed by atoms with Gasteiger partial charge in [0.2, 0.25) is 10.0 Å². The van der Waals surface area contributed by atoms with Gasteiger partial charge >= 0.3 is 0 Å². The number of primary sulfonamides is 1. The molecule has 1 saturated carbocycles. The van der Waals surface area contributed by atoms with Gasteiger partial charge in [-0.25, -0.2) is 13.6 Å². The Balaban J connectivity index is 2.25. The second-order valence-electron chi connectivity index (χ2n) is 4.31. The lowest BCUT2D eigenvalue weighted by Gasteiger charge is -2.10. The Kier molecular flexibility index (Phi) is 3.65. The molecule has 0 unspecified atom stereocenters. The van der Waals surface area contributed by atoms with Crippen LogP contribution in [0.1, 0.15) is 25.7 Å². The minimum absolute atomic E-state index is 0.0954. The smallest absolute Gasteiger partial charge is 0.238 e. The molecule has 0 saturated heterocycles. The molecular formula is C11H16N2O2S2. The molecule has 0 aromatic heterocycles. The lowest BCUT2D eigenvalue weighted by molar-refractivity contribution is 0.597. The van der Waals surface area contributed by atoms with Crippen molar-refractivity contribution in [3.63, 3.8) is 0 Å². The van der Waals surface area contributed by atoms with E-state index in [0.29, 0.717) is 10.9 Å². The van der Waals surface area contributed by atoms with Crippen LogP contribution in [0.3, 0.4) is 0 Å². The van der Waals surface area contributed by atoms with Crippen LogP contribution in [0, 0.1) is 0 Å². The molecule has 4 nitrogen and oxygen atoms in total. The summed E-state index contributed by atoms with van der Waals surface area (Å²) in [7, 11) is -3.67. The zero-order valence-electron chi connectivity index (χ0n) is 9.43. The van der Waals surface area contributed by atoms with E-state index < -0.39 is 10.0 Å². The van der Waals surface area contributed by atoms with Gasteiger partial charge in [-0.1, -0.05) is 12.8 Å². The molecule has 0 aliphatic heterocycles. The lowest BCUT2D eigenvalue weighted by atomic mass is 10.3. The Labute approximate surface area is 106 Å². The molecule has 0 heterocycles. The first-order valence-electron chi connectivity index (χ1n) is 5.55. The van der Waals surface area contributed by atoms with Crippen LogP contribution in [0.25, 0.3) is 0 Å². The Hall–Kier alpha value is -0.720. The zero-order valence-corrected chi connectivity index (χ0v) is 11.1. The van der Waals surface area contributed by atoms with Crippen LogP contribution in [0.4, 0.5) is 5.69 Å². The Morgan fingerprint density at radius 3 is 2.41 bits per heavy atom. The normalized spacial score (nSPS) is 17.5. The topological polar surface area (TPSA) is 86.2 Å². The number of nitrogen functional groups attached to an aromatic ring is 1. The van der Waals surface area contributed by atoms with Crippen LogP contribution in [-0.2, 0) is 10.0 Å². The van der Waals surface area contributed by atoms with Crippen LogP contribution in [-0.4, -0.2) is 13.7 Å². The van der Waals surface area contributed by atoms with Crippen molar-refractivity contribution in [1.29, 1.82) is 0 Å². The first-order valence-corrected chi connectivity index (χ1v) is 7.98. The maximum Gasteiger partial charge on any atom is 0.238 e. The molecule has 0 atom stereocenters. The molecule has 1 fully saturated rings. The predicted molar refractivity (Wildman–Crippen MR) is 70.3 cm³/mol. The fourth-order valence-corrected chi connectivity index (χ4v) is 4.04. The molecule has 1 aromatic carbocycles. The second-order valence-corrected chi connectivity index (χ2v) is 7.24. The number of thioether (sulfide) groups is 1. The van der Waals surface area contributed by atoms with Crippen molar-refractivity contribution in [3.05, 3.63) is 18.2 Å². The van der Waals surface area contributed by atoms with Gasteiger partial charge in [-0.2, -0.15) is 0 Å². The Morgan fingerprint density at radius 1 is 1.18 bits per heavy atom. The minimum Gasteiger partial charge on any atom is -0.399 e. The van der Waals surface area contributed by atoms with Gasteiger partial charge in [0.15, 0.2) is 0 Å². The van der Waals surface area contributed by atoms with Gasteiger partial charge in [-0.05, 0) is 31.0 Å². The maximum absolute atomic E-state index is 11.3. The van der Waals surface area contributed by atoms with Gasteiger partial charge in [0.05, 0.1) is 4.90 Å². The third kappa shape index (κ3) is 3.37. The number of nitrogens with two attached hydrogens (primary N) is 2. The molecule has 2 rings (SSSR count). The van der Waals surface area contributed by atoms with Crippen LogP contribution in [0.2, 0.25) is 0 Å². The summed E-state index contributed by atoms with van der Waals surface area (Å²) >= 11 is 1.70. The first kappa shape index (κ1) is 12.7. The van der Waals surface area contributed by atoms with Gasteiger partial charge in [0, 0.05) is 15.8 Å². The highest BCUT2D eigenvalue weighted by Crippen LogP contribution is 2.36. The standard InChI is InChI=1S/C11H16N2O2S2/c12-8-5-10(16-9-3-1-2-4-9)7-11(6-8)17(13,14)15/h5-7,9H,1-4,12H2,(H2,13,14,15). The van der Waals surface area contributed by atoms with E-state index in [1.807, 2.05) is 0 Å². The van der Waals surface area contributed by atoms with E-state index in [1.165, 1.54) is 31.7 Å². The Bertz CT molecular complexity index is 508. The monoisotopic (exact) mass is 272 g/mol. The molecule has 17 heavy (non-hydrogen) atoms. The third-order valence-electron chi connectivity index (χ3n) is 2.84. The van der Waals surface area contributed by atoms with E-state index in [1.54, 1.807) is 23.9 Å². The van der Waals surface area contributed by atoms with E-state index in [4.69, 9.17) is 10.9 Å². The third-order valence-corrected chi connectivity index (χ3v) is 5.04. The van der Waals surface area contributed by atoms with Crippen LogP contribution in [0.15, 0.2) is 28.0 Å². The van der Waals surface area contributed by atoms with Crippen LogP contribution >= 0.6 is 11.8 Å². The molecule has 4 N–H and O–H groups in total. The summed E-state index contributed by atoms with van der Waals surface area (Å²) in [5.41, 5.74) is 6.14. The second kappa shape index (κ2) is 4.88. The summed E-state index contributed by atoms with van der Waals surface area (Å²) in [6, 6.07) is 4.81. The molecular weight excluding hydrogens is 256 g/mol. The summed E-state index contributed by atoms with van der Waals surface area (Å²) in [6.45, 7) is 0. The van der Waals surface area contributed by atoms with Crippen molar-refractivity contribution in [2.75, 3.05) is 5.73 Å². The Morgan fingerprint density at radius 2 is 1.82 bits per heavy atom. The molecule has 0 amide bonds. The van der Waals surface area contributed by atoms with Crippen molar-refractivity contribution in [1.82, 2.24) is 0 Å². The molecule has 1 aliphatic carbocycles. The maximum atomic E-state index is 11.3. The van der Waals surface area contributed by atoms with Crippen LogP contribution in [0.5, 0.6) is 0 Å². The highest BCUT2D eigenvalue weighted by molar-refractivity contribution is 8.00. The molecule has 0 radical (unpaired) electrons. The van der Waals surface area contributed by atoms with E-state index in [0.717, 1.165) is 4.90 Å². The number of benzene rings is 1. The average molecular weight is 272 g/mol. The minimum atomic E-state index is -3.67. The van der Waals surface area contributed by atoms with Crippen molar-refractivity contribution >= 4 is 27.5 Å². The summed E-state index contributed by atoms with van der Waals surface area (Å²) < 4.78 is 22.6. The zero-order chi connectivity index (χ0) is 12.5. The van der Waals surface area contributed by atoms with E-state index in [-0.39, 0.29) is 4.90 Å². The lowest BCUT2D eigenvalue weighted by Crippen LogP contribution is -2.12. The SMILES string of the molecule is Nc1cc(SC2CCCC2)cc(S(N)(=O)=O)c1. The predicted octanol–water partition coefficient (Wildman–Crippen LogP) is 1.95. The number of anilines is 1. The first-order chi connectivity index (χ1) is 7.95. The summed E-state index contributed by atoms with van der Waals surface area (Å²) in [5.74, 6) is 0. The number of hydrogen-bond donors (Lipinski definition) is 2. The van der Waals surface area contributed by atoms with Gasteiger partial charge in [0.1, 0.15) is 0 Å². The molecule has 6 heteroatoms. The number of hydrogen-bond acceptors (Lipinski definition) is 4. The molecule has 1 aliphatic rings. The highest BCUT2D eigenvalue weighted by atomic mass is 32.2. The van der Waals surface area contributed by atoms with Gasteiger partial charge in [-0.3, -0.25) is 0 Å². The van der Waals surface area contributed by atoms with E-state index >= 15 is 0 Å². The van der Waals surface area contributed by atoms with Crippen molar-refractivity contribution in [3.8, 4) is 0 Å². The van der Waals surface area contributed by atoms with Gasteiger partial charge in [-0.15, -0.1) is 11.8 Å². The summed E-state index contributed by atoms with van der Waals surface area (Å²) in [6.07, 6.45) is 4.87.